The van der Waals surface area contributed by atoms with Crippen LogP contribution in [0.2, 0.25) is 0 Å². The van der Waals surface area contributed by atoms with Gasteiger partial charge in [-0.1, -0.05) is 25.1 Å². The van der Waals surface area contributed by atoms with Gasteiger partial charge in [0, 0.05) is 12.0 Å². The highest BCUT2D eigenvalue weighted by Crippen LogP contribution is 2.70. The molecule has 0 amide bonds. The Labute approximate surface area is 193 Å². The van der Waals surface area contributed by atoms with Crippen LogP contribution >= 0.6 is 0 Å². The van der Waals surface area contributed by atoms with Gasteiger partial charge in [-0.25, -0.2) is 0 Å². The molecule has 3 N–H and O–H groups in total. The first-order valence-electron chi connectivity index (χ1n) is 12.7. The standard InChI is InChI=1S/C26H44N2O4/c1-23-11-8-20(29)18-19(23)6-7-22-21(23)9-12-24(2)25(30,13-14-26(22,24)31)10-5-15-27-32-17-16-28(3)4/h5,10,15,19-22,29-31H,6-9,11-14,16-18H2,1-4H3/b10-5+,27-15+/t19-,20+,21+,22-,23+,24-,25-,26+/m1/s1. The fourth-order valence-electron chi connectivity index (χ4n) is 8.08. The van der Waals surface area contributed by atoms with E-state index in [4.69, 9.17) is 4.84 Å². The van der Waals surface area contributed by atoms with Gasteiger partial charge in [-0.05, 0) is 101 Å². The number of hydrogen-bond acceptors (Lipinski definition) is 6. The highest BCUT2D eigenvalue weighted by Gasteiger charge is 2.71. The monoisotopic (exact) mass is 448 g/mol. The van der Waals surface area contributed by atoms with Gasteiger partial charge >= 0.3 is 0 Å². The van der Waals surface area contributed by atoms with Crippen molar-refractivity contribution in [1.82, 2.24) is 4.90 Å². The number of hydrogen-bond donors (Lipinski definition) is 3. The van der Waals surface area contributed by atoms with Crippen molar-refractivity contribution >= 4 is 6.21 Å². The maximum Gasteiger partial charge on any atom is 0.129 e. The third-order valence-corrected chi connectivity index (χ3v) is 10.3. The number of aliphatic hydroxyl groups is 3. The Morgan fingerprint density at radius 3 is 2.53 bits per heavy atom. The molecule has 182 valence electrons. The van der Waals surface area contributed by atoms with E-state index < -0.39 is 16.6 Å². The topological polar surface area (TPSA) is 85.5 Å². The zero-order chi connectivity index (χ0) is 23.2. The second kappa shape index (κ2) is 8.68. The first kappa shape index (κ1) is 24.2. The predicted molar refractivity (Wildman–Crippen MR) is 126 cm³/mol. The number of likely N-dealkylation sites (N-methyl/N-ethyl adjacent to an activating group) is 1. The van der Waals surface area contributed by atoms with Crippen LogP contribution in [0.4, 0.5) is 0 Å². The Balaban J connectivity index is 1.48. The molecule has 0 saturated heterocycles. The lowest BCUT2D eigenvalue weighted by atomic mass is 9.43. The van der Waals surface area contributed by atoms with Crippen LogP contribution in [0.5, 0.6) is 0 Å². The summed E-state index contributed by atoms with van der Waals surface area (Å²) in [5, 5.41) is 38.1. The average molecular weight is 449 g/mol. The second-order valence-electron chi connectivity index (χ2n) is 11.9. The van der Waals surface area contributed by atoms with Gasteiger partial charge in [0.15, 0.2) is 0 Å². The summed E-state index contributed by atoms with van der Waals surface area (Å²) in [5.41, 5.74) is -2.25. The second-order valence-corrected chi connectivity index (χ2v) is 11.9. The van der Waals surface area contributed by atoms with Crippen molar-refractivity contribution in [2.24, 2.45) is 33.7 Å². The van der Waals surface area contributed by atoms with Crippen LogP contribution in [0.25, 0.3) is 0 Å². The van der Waals surface area contributed by atoms with E-state index >= 15 is 0 Å². The molecule has 4 aliphatic carbocycles. The summed E-state index contributed by atoms with van der Waals surface area (Å²) in [5.74, 6) is 1.26. The van der Waals surface area contributed by atoms with Crippen LogP contribution in [-0.4, -0.2) is 71.0 Å². The molecule has 0 aromatic carbocycles. The van der Waals surface area contributed by atoms with Gasteiger partial charge in [-0.2, -0.15) is 0 Å². The van der Waals surface area contributed by atoms with Crippen molar-refractivity contribution in [1.29, 1.82) is 0 Å². The van der Waals surface area contributed by atoms with Gasteiger partial charge in [0.25, 0.3) is 0 Å². The molecule has 4 saturated carbocycles. The third-order valence-electron chi connectivity index (χ3n) is 10.3. The summed E-state index contributed by atoms with van der Waals surface area (Å²) in [7, 11) is 3.98. The van der Waals surface area contributed by atoms with Crippen LogP contribution in [0.1, 0.15) is 71.6 Å². The molecule has 0 bridgehead atoms. The summed E-state index contributed by atoms with van der Waals surface area (Å²) < 4.78 is 0. The lowest BCUT2D eigenvalue weighted by Crippen LogP contribution is -2.65. The molecule has 4 rings (SSSR count). The lowest BCUT2D eigenvalue weighted by molar-refractivity contribution is -0.227. The first-order valence-corrected chi connectivity index (χ1v) is 12.7. The van der Waals surface area contributed by atoms with E-state index in [1.54, 1.807) is 12.3 Å². The number of rotatable bonds is 6. The van der Waals surface area contributed by atoms with Crippen LogP contribution in [0, 0.1) is 28.6 Å². The number of aliphatic hydroxyl groups excluding tert-OH is 1. The molecule has 0 heterocycles. The van der Waals surface area contributed by atoms with Crippen LogP contribution < -0.4 is 0 Å². The molecule has 8 atom stereocenters. The summed E-state index contributed by atoms with van der Waals surface area (Å²) >= 11 is 0. The number of oxime groups is 1. The van der Waals surface area contributed by atoms with Crippen molar-refractivity contribution in [2.45, 2.75) is 88.9 Å². The molecule has 32 heavy (non-hydrogen) atoms. The Kier molecular flexibility index (Phi) is 6.56. The average Bonchev–Trinajstić information content (AvgIpc) is 2.95. The molecule has 0 unspecified atom stereocenters. The molecule has 0 radical (unpaired) electrons. The number of fused-ring (bicyclic) bond motifs is 5. The normalized spacial score (nSPS) is 48.8. The zero-order valence-corrected chi connectivity index (χ0v) is 20.5. The van der Waals surface area contributed by atoms with Gasteiger partial charge in [0.05, 0.1) is 23.5 Å². The lowest BCUT2D eigenvalue weighted by Gasteiger charge is -2.64. The minimum absolute atomic E-state index is 0.156. The summed E-state index contributed by atoms with van der Waals surface area (Å²) in [6.45, 7) is 5.85. The summed E-state index contributed by atoms with van der Waals surface area (Å²) in [6.07, 6.45) is 13.1. The SMILES string of the molecule is CN(C)CCO/N=C/C=C/[C@@]1(O)CC[C@]2(O)[C@@H]3CC[C@@H]4C[C@@H](O)CC[C@]4(C)[C@H]3CC[C@]12C. The van der Waals surface area contributed by atoms with Gasteiger partial charge in [-0.15, -0.1) is 0 Å². The van der Waals surface area contributed by atoms with Crippen molar-refractivity contribution in [3.8, 4) is 0 Å². The molecule has 0 spiro atoms. The van der Waals surface area contributed by atoms with Crippen LogP contribution in [0.15, 0.2) is 17.3 Å². The van der Waals surface area contributed by atoms with E-state index in [2.05, 4.69) is 19.0 Å². The van der Waals surface area contributed by atoms with E-state index in [0.29, 0.717) is 31.3 Å². The van der Waals surface area contributed by atoms with Crippen molar-refractivity contribution in [2.75, 3.05) is 27.2 Å². The van der Waals surface area contributed by atoms with Crippen LogP contribution in [0.3, 0.4) is 0 Å². The Hall–Kier alpha value is -0.950. The summed E-state index contributed by atoms with van der Waals surface area (Å²) in [6, 6.07) is 0. The van der Waals surface area contributed by atoms with Gasteiger partial charge < -0.3 is 25.1 Å². The minimum atomic E-state index is -1.04. The Morgan fingerprint density at radius 2 is 1.78 bits per heavy atom. The van der Waals surface area contributed by atoms with Crippen molar-refractivity contribution in [3.05, 3.63) is 12.2 Å². The van der Waals surface area contributed by atoms with E-state index in [1.165, 1.54) is 0 Å². The van der Waals surface area contributed by atoms with E-state index in [1.807, 2.05) is 25.1 Å². The molecular weight excluding hydrogens is 404 g/mol. The molecule has 4 aliphatic rings. The molecular formula is C26H44N2O4. The number of nitrogens with zero attached hydrogens (tertiary/aromatic N) is 2. The molecule has 4 fully saturated rings. The van der Waals surface area contributed by atoms with Crippen molar-refractivity contribution in [3.63, 3.8) is 0 Å². The quantitative estimate of drug-likeness (QED) is 0.330. The molecule has 6 nitrogen and oxygen atoms in total. The van der Waals surface area contributed by atoms with E-state index in [0.717, 1.165) is 51.5 Å². The molecule has 0 aromatic rings. The smallest absolute Gasteiger partial charge is 0.129 e. The zero-order valence-electron chi connectivity index (χ0n) is 20.5. The molecule has 6 heteroatoms. The van der Waals surface area contributed by atoms with E-state index in [-0.39, 0.29) is 17.4 Å². The number of allylic oxidation sites excluding steroid dienone is 1. The minimum Gasteiger partial charge on any atom is -0.394 e. The maximum atomic E-state index is 12.2. The fraction of sp³-hybridized carbons (Fsp3) is 0.885. The van der Waals surface area contributed by atoms with Gasteiger partial charge in [0.1, 0.15) is 6.61 Å². The maximum absolute atomic E-state index is 12.2. The highest BCUT2D eigenvalue weighted by molar-refractivity contribution is 5.70. The summed E-state index contributed by atoms with van der Waals surface area (Å²) in [4.78, 5) is 7.30. The first-order chi connectivity index (χ1) is 15.1. The molecule has 0 aromatic heterocycles. The van der Waals surface area contributed by atoms with E-state index in [9.17, 15) is 15.3 Å². The molecule has 0 aliphatic heterocycles. The van der Waals surface area contributed by atoms with Gasteiger partial charge in [-0.3, -0.25) is 0 Å². The van der Waals surface area contributed by atoms with Crippen molar-refractivity contribution < 1.29 is 20.2 Å². The van der Waals surface area contributed by atoms with Crippen LogP contribution in [-0.2, 0) is 4.84 Å². The fourth-order valence-corrected chi connectivity index (χ4v) is 8.08. The Morgan fingerprint density at radius 1 is 1.00 bits per heavy atom. The van der Waals surface area contributed by atoms with Gasteiger partial charge in [0.2, 0.25) is 0 Å². The predicted octanol–water partition coefficient (Wildman–Crippen LogP) is 3.36. The third kappa shape index (κ3) is 3.75. The Bertz CT molecular complexity index is 741. The highest BCUT2D eigenvalue weighted by atomic mass is 16.6. The largest absolute Gasteiger partial charge is 0.394 e.